The van der Waals surface area contributed by atoms with Gasteiger partial charge in [0.2, 0.25) is 0 Å². The minimum Gasteiger partial charge on any atom is -0.508 e. The molecule has 1 rings (SSSR count). The number of aliphatic hydroxyl groups excluding tert-OH is 2. The van der Waals surface area contributed by atoms with Crippen molar-refractivity contribution >= 4 is 0 Å². The zero-order valence-electron chi connectivity index (χ0n) is 8.97. The third-order valence-corrected chi connectivity index (χ3v) is 1.36. The van der Waals surface area contributed by atoms with E-state index in [1.807, 2.05) is 0 Å². The lowest BCUT2D eigenvalue weighted by Gasteiger charge is -2.05. The Hall–Kier alpha value is -1.38. The van der Waals surface area contributed by atoms with Gasteiger partial charge in [0, 0.05) is 6.07 Å². The number of rotatable bonds is 4. The van der Waals surface area contributed by atoms with Gasteiger partial charge in [0.05, 0.1) is 13.2 Å². The van der Waals surface area contributed by atoms with Gasteiger partial charge in [-0.2, -0.15) is 0 Å². The van der Waals surface area contributed by atoms with Crippen molar-refractivity contribution in [3.05, 3.63) is 24.3 Å². The van der Waals surface area contributed by atoms with Crippen molar-refractivity contribution in [1.29, 1.82) is 0 Å². The summed E-state index contributed by atoms with van der Waals surface area (Å²) in [5.41, 5.74) is 0. The van der Waals surface area contributed by atoms with Crippen LogP contribution in [-0.4, -0.2) is 56.4 Å². The molecule has 0 atom stereocenters. The van der Waals surface area contributed by atoms with Crippen LogP contribution in [0.3, 0.4) is 0 Å². The van der Waals surface area contributed by atoms with E-state index in [1.165, 1.54) is 18.2 Å². The van der Waals surface area contributed by atoms with Gasteiger partial charge < -0.3 is 35.4 Å². The van der Waals surface area contributed by atoms with Crippen molar-refractivity contribution in [3.8, 4) is 11.5 Å². The summed E-state index contributed by atoms with van der Waals surface area (Å²) in [6.07, 6.45) is -3.10. The number of aliphatic hydroxyl groups is 4. The van der Waals surface area contributed by atoms with Gasteiger partial charge >= 0.3 is 0 Å². The van der Waals surface area contributed by atoms with E-state index in [0.717, 1.165) is 0 Å². The molecule has 7 nitrogen and oxygen atoms in total. The standard InChI is InChI=1S/C6H6O2.C4H10O5/c7-5-2-1-3-6(8)4-5;5-3(6)1-9-2-4(7)8/h1-4,7-8H;3-8H,1-2H2. The maximum Gasteiger partial charge on any atom is 0.175 e. The van der Waals surface area contributed by atoms with Crippen LogP contribution in [-0.2, 0) is 4.74 Å². The normalized spacial score (nSPS) is 10.2. The van der Waals surface area contributed by atoms with Crippen molar-refractivity contribution in [2.45, 2.75) is 12.6 Å². The minimum atomic E-state index is -1.55. The zero-order valence-corrected chi connectivity index (χ0v) is 8.97. The van der Waals surface area contributed by atoms with E-state index >= 15 is 0 Å². The second-order valence-corrected chi connectivity index (χ2v) is 3.02. The molecule has 7 heteroatoms. The number of hydrogen-bond acceptors (Lipinski definition) is 7. The Morgan fingerprint density at radius 2 is 1.29 bits per heavy atom. The summed E-state index contributed by atoms with van der Waals surface area (Å²) in [6, 6.07) is 5.85. The molecule has 0 aliphatic heterocycles. The largest absolute Gasteiger partial charge is 0.508 e. The van der Waals surface area contributed by atoms with Crippen LogP contribution in [0.5, 0.6) is 11.5 Å². The first kappa shape index (κ1) is 15.6. The molecule has 1 aromatic rings. The molecule has 0 heterocycles. The average molecular weight is 248 g/mol. The Morgan fingerprint density at radius 1 is 0.882 bits per heavy atom. The fourth-order valence-corrected chi connectivity index (χ4v) is 0.772. The van der Waals surface area contributed by atoms with Gasteiger partial charge in [0.25, 0.3) is 0 Å². The highest BCUT2D eigenvalue weighted by molar-refractivity contribution is 5.30. The summed E-state index contributed by atoms with van der Waals surface area (Å²) in [7, 11) is 0. The number of phenolic OH excluding ortho intramolecular Hbond substituents is 2. The molecule has 0 unspecified atom stereocenters. The van der Waals surface area contributed by atoms with E-state index < -0.39 is 12.6 Å². The topological polar surface area (TPSA) is 131 Å². The lowest BCUT2D eigenvalue weighted by Crippen LogP contribution is -2.20. The third-order valence-electron chi connectivity index (χ3n) is 1.36. The maximum atomic E-state index is 8.65. The molecule has 98 valence electrons. The van der Waals surface area contributed by atoms with Gasteiger partial charge in [-0.3, -0.25) is 0 Å². The van der Waals surface area contributed by atoms with E-state index in [-0.39, 0.29) is 24.7 Å². The molecular weight excluding hydrogens is 232 g/mol. The van der Waals surface area contributed by atoms with Gasteiger partial charge in [-0.1, -0.05) is 6.07 Å². The number of hydrogen-bond donors (Lipinski definition) is 6. The predicted octanol–water partition coefficient (Wildman–Crippen LogP) is -1.28. The van der Waals surface area contributed by atoms with Gasteiger partial charge in [-0.15, -0.1) is 0 Å². The van der Waals surface area contributed by atoms with Gasteiger partial charge in [0.15, 0.2) is 12.6 Å². The number of aromatic hydroxyl groups is 2. The van der Waals surface area contributed by atoms with Crippen molar-refractivity contribution in [2.24, 2.45) is 0 Å². The highest BCUT2D eigenvalue weighted by Gasteiger charge is 1.99. The van der Waals surface area contributed by atoms with Gasteiger partial charge in [0.1, 0.15) is 11.5 Å². The molecule has 1 aromatic carbocycles. The second kappa shape index (κ2) is 8.74. The molecule has 0 radical (unpaired) electrons. The quantitative estimate of drug-likeness (QED) is 0.366. The van der Waals surface area contributed by atoms with Gasteiger partial charge in [-0.25, -0.2) is 0 Å². The molecule has 0 saturated carbocycles. The summed E-state index contributed by atoms with van der Waals surface area (Å²) in [5.74, 6) is 0.176. The third kappa shape index (κ3) is 10.9. The molecule has 0 spiro atoms. The number of benzene rings is 1. The van der Waals surface area contributed by atoms with Crippen molar-refractivity contribution in [1.82, 2.24) is 0 Å². The molecule has 0 aliphatic rings. The average Bonchev–Trinajstić information content (AvgIpc) is 2.16. The monoisotopic (exact) mass is 248 g/mol. The maximum absolute atomic E-state index is 8.65. The summed E-state index contributed by atoms with van der Waals surface area (Å²) in [5, 5.41) is 49.8. The highest BCUT2D eigenvalue weighted by Crippen LogP contribution is 2.14. The molecule has 0 bridgehead atoms. The first-order valence-electron chi connectivity index (χ1n) is 4.70. The van der Waals surface area contributed by atoms with Crippen molar-refractivity contribution in [2.75, 3.05) is 13.2 Å². The fourth-order valence-electron chi connectivity index (χ4n) is 0.772. The molecular formula is C10H16O7. The predicted molar refractivity (Wildman–Crippen MR) is 57.0 cm³/mol. The van der Waals surface area contributed by atoms with Crippen LogP contribution in [0.2, 0.25) is 0 Å². The van der Waals surface area contributed by atoms with Crippen molar-refractivity contribution in [3.63, 3.8) is 0 Å². The van der Waals surface area contributed by atoms with E-state index in [4.69, 9.17) is 30.6 Å². The Bertz CT molecular complexity index is 275. The van der Waals surface area contributed by atoms with Gasteiger partial charge in [-0.05, 0) is 12.1 Å². The summed E-state index contributed by atoms with van der Waals surface area (Å²) in [4.78, 5) is 0. The first-order valence-corrected chi connectivity index (χ1v) is 4.70. The lowest BCUT2D eigenvalue weighted by molar-refractivity contribution is -0.138. The molecule has 0 fully saturated rings. The zero-order chi connectivity index (χ0) is 13.3. The Morgan fingerprint density at radius 3 is 1.53 bits per heavy atom. The molecule has 17 heavy (non-hydrogen) atoms. The summed E-state index contributed by atoms with van der Waals surface area (Å²) in [6.45, 7) is -0.616. The summed E-state index contributed by atoms with van der Waals surface area (Å²) < 4.78 is 4.36. The van der Waals surface area contributed by atoms with E-state index in [9.17, 15) is 0 Å². The smallest absolute Gasteiger partial charge is 0.175 e. The molecule has 0 aliphatic carbocycles. The number of ether oxygens (including phenoxy) is 1. The van der Waals surface area contributed by atoms with Crippen LogP contribution >= 0.6 is 0 Å². The Labute approximate surface area is 97.8 Å². The number of phenols is 2. The van der Waals surface area contributed by atoms with Crippen LogP contribution in [0.15, 0.2) is 24.3 Å². The van der Waals surface area contributed by atoms with Crippen LogP contribution < -0.4 is 0 Å². The molecule has 0 amide bonds. The highest BCUT2D eigenvalue weighted by atomic mass is 16.6. The van der Waals surface area contributed by atoms with Crippen molar-refractivity contribution < 1.29 is 35.4 Å². The fraction of sp³-hybridized carbons (Fsp3) is 0.400. The van der Waals surface area contributed by atoms with E-state index in [2.05, 4.69) is 4.74 Å². The van der Waals surface area contributed by atoms with E-state index in [0.29, 0.717) is 0 Å². The van der Waals surface area contributed by atoms with Crippen LogP contribution in [0, 0.1) is 0 Å². The Balaban J connectivity index is 0.000000302. The molecule has 0 saturated heterocycles. The summed E-state index contributed by atoms with van der Waals surface area (Å²) >= 11 is 0. The van der Waals surface area contributed by atoms with E-state index in [1.54, 1.807) is 6.07 Å². The minimum absolute atomic E-state index is 0.0880. The molecule has 6 N–H and O–H groups in total. The first-order chi connectivity index (χ1) is 7.91. The SMILES string of the molecule is OC(O)COCC(O)O.Oc1cccc(O)c1. The van der Waals surface area contributed by atoms with Crippen LogP contribution in [0.1, 0.15) is 0 Å². The van der Waals surface area contributed by atoms with Crippen LogP contribution in [0.25, 0.3) is 0 Å². The lowest BCUT2D eigenvalue weighted by atomic mass is 10.3. The Kier molecular flexibility index (Phi) is 8.03. The van der Waals surface area contributed by atoms with Crippen LogP contribution in [0.4, 0.5) is 0 Å². The molecule has 0 aromatic heterocycles. The second-order valence-electron chi connectivity index (χ2n) is 3.02.